The lowest BCUT2D eigenvalue weighted by molar-refractivity contribution is -0.672. The van der Waals surface area contributed by atoms with E-state index in [1.807, 2.05) is 6.92 Å². The van der Waals surface area contributed by atoms with E-state index in [2.05, 4.69) is 39.0 Å². The number of rotatable bonds is 1. The monoisotopic (exact) mass is 198 g/mol. The Bertz CT molecular complexity index is 221. The summed E-state index contributed by atoms with van der Waals surface area (Å²) in [5, 5.41) is 9.69. The fourth-order valence-corrected chi connectivity index (χ4v) is 2.74. The van der Waals surface area contributed by atoms with E-state index in [4.69, 9.17) is 0 Å². The second kappa shape index (κ2) is 3.34. The molecule has 1 fully saturated rings. The third-order valence-electron chi connectivity index (χ3n) is 3.67. The molecule has 0 saturated carbocycles. The Morgan fingerprint density at radius 1 is 1.21 bits per heavy atom. The highest BCUT2D eigenvalue weighted by Crippen LogP contribution is 2.38. The van der Waals surface area contributed by atoms with Crippen molar-refractivity contribution in [3.63, 3.8) is 0 Å². The summed E-state index contributed by atoms with van der Waals surface area (Å²) in [6.07, 6.45) is 1.84. The maximum Gasteiger partial charge on any atom is 0.157 e. The van der Waals surface area contributed by atoms with E-state index in [1.54, 1.807) is 0 Å². The van der Waals surface area contributed by atoms with E-state index < -0.39 is 0 Å². The Morgan fingerprint density at radius 2 is 1.57 bits per heavy atom. The number of aliphatic hydroxyl groups is 1. The van der Waals surface area contributed by atoms with Gasteiger partial charge in [0.2, 0.25) is 0 Å². The van der Waals surface area contributed by atoms with E-state index in [0.29, 0.717) is 5.92 Å². The van der Waals surface area contributed by atoms with Gasteiger partial charge < -0.3 is 5.11 Å². The largest absolute Gasteiger partial charge is 0.393 e. The third kappa shape index (κ3) is 2.00. The van der Waals surface area contributed by atoms with Gasteiger partial charge in [-0.3, -0.25) is 0 Å². The molecule has 2 heteroatoms. The van der Waals surface area contributed by atoms with Gasteiger partial charge in [0.05, 0.1) is 6.10 Å². The molecular weight excluding hydrogens is 174 g/mol. The molecule has 1 heterocycles. The summed E-state index contributed by atoms with van der Waals surface area (Å²) >= 11 is 0. The molecule has 0 radical (unpaired) electrons. The molecule has 1 unspecified atom stereocenters. The van der Waals surface area contributed by atoms with Crippen LogP contribution in [0.25, 0.3) is 0 Å². The molecule has 0 amide bonds. The molecule has 2 nitrogen and oxygen atoms in total. The molecular formula is C12H24NO+. The van der Waals surface area contributed by atoms with Gasteiger partial charge in [0.1, 0.15) is 6.72 Å². The lowest BCUT2D eigenvalue weighted by Crippen LogP contribution is -2.55. The first kappa shape index (κ1) is 11.7. The molecule has 1 atom stereocenters. The highest BCUT2D eigenvalue weighted by Gasteiger charge is 2.49. The average molecular weight is 198 g/mol. The standard InChI is InChI=1S/C12H24NO/c1-9(14)10-7-11(2,3)13(6)12(4,5)8-10/h9-10,14H,6-8H2,1-5H3/q+1. The van der Waals surface area contributed by atoms with Gasteiger partial charge in [0.15, 0.2) is 11.1 Å². The summed E-state index contributed by atoms with van der Waals surface area (Å²) in [5.41, 5.74) is 0.173. The first-order chi connectivity index (χ1) is 6.17. The van der Waals surface area contributed by atoms with E-state index in [9.17, 15) is 5.11 Å². The van der Waals surface area contributed by atoms with E-state index in [1.165, 1.54) is 0 Å². The molecule has 1 N–H and O–H groups in total. The topological polar surface area (TPSA) is 23.2 Å². The van der Waals surface area contributed by atoms with Gasteiger partial charge in [-0.15, -0.1) is 0 Å². The van der Waals surface area contributed by atoms with Crippen molar-refractivity contribution in [2.24, 2.45) is 5.92 Å². The van der Waals surface area contributed by atoms with Crippen LogP contribution in [0.5, 0.6) is 0 Å². The minimum absolute atomic E-state index is 0.0867. The van der Waals surface area contributed by atoms with E-state index >= 15 is 0 Å². The lowest BCUT2D eigenvalue weighted by atomic mass is 9.73. The number of nitrogens with zero attached hydrogens (tertiary/aromatic N) is 1. The Kier molecular flexibility index (Phi) is 2.79. The van der Waals surface area contributed by atoms with Crippen molar-refractivity contribution in [2.45, 2.75) is 64.6 Å². The summed E-state index contributed by atoms with van der Waals surface area (Å²) in [7, 11) is 0. The smallest absolute Gasteiger partial charge is 0.157 e. The molecule has 1 rings (SSSR count). The van der Waals surface area contributed by atoms with Crippen molar-refractivity contribution < 1.29 is 9.68 Å². The van der Waals surface area contributed by atoms with Gasteiger partial charge in [-0.2, -0.15) is 0 Å². The molecule has 0 spiro atoms. The summed E-state index contributed by atoms with van der Waals surface area (Å²) < 4.78 is 2.19. The van der Waals surface area contributed by atoms with Crippen LogP contribution in [0.4, 0.5) is 0 Å². The first-order valence-electron chi connectivity index (χ1n) is 5.46. The lowest BCUT2D eigenvalue weighted by Gasteiger charge is -2.42. The van der Waals surface area contributed by atoms with Gasteiger partial charge >= 0.3 is 0 Å². The predicted molar refractivity (Wildman–Crippen MR) is 59.9 cm³/mol. The van der Waals surface area contributed by atoms with Gasteiger partial charge in [0.25, 0.3) is 0 Å². The minimum atomic E-state index is -0.206. The van der Waals surface area contributed by atoms with Crippen molar-refractivity contribution in [1.82, 2.24) is 0 Å². The van der Waals surface area contributed by atoms with Crippen LogP contribution in [0.15, 0.2) is 0 Å². The van der Waals surface area contributed by atoms with Crippen molar-refractivity contribution in [1.29, 1.82) is 0 Å². The van der Waals surface area contributed by atoms with Crippen molar-refractivity contribution >= 4 is 6.72 Å². The normalized spacial score (nSPS) is 28.9. The van der Waals surface area contributed by atoms with E-state index in [-0.39, 0.29) is 17.2 Å². The van der Waals surface area contributed by atoms with Crippen LogP contribution in [0.2, 0.25) is 0 Å². The highest BCUT2D eigenvalue weighted by atomic mass is 16.3. The molecule has 0 aromatic rings. The molecule has 82 valence electrons. The molecule has 0 bridgehead atoms. The fraction of sp³-hybridized carbons (Fsp3) is 0.917. The first-order valence-corrected chi connectivity index (χ1v) is 5.46. The Hall–Kier alpha value is -0.370. The molecule has 0 aliphatic carbocycles. The average Bonchev–Trinajstić information content (AvgIpc) is 1.98. The van der Waals surface area contributed by atoms with Crippen molar-refractivity contribution in [3.05, 3.63) is 0 Å². The number of hydrogen-bond donors (Lipinski definition) is 1. The van der Waals surface area contributed by atoms with Crippen LogP contribution < -0.4 is 0 Å². The van der Waals surface area contributed by atoms with Gasteiger partial charge in [-0.25, -0.2) is 4.58 Å². The molecule has 1 aliphatic heterocycles. The van der Waals surface area contributed by atoms with Crippen LogP contribution in [-0.2, 0) is 0 Å². The zero-order valence-corrected chi connectivity index (χ0v) is 10.2. The van der Waals surface area contributed by atoms with Gasteiger partial charge in [-0.1, -0.05) is 0 Å². The van der Waals surface area contributed by atoms with Gasteiger partial charge in [-0.05, 0) is 40.5 Å². The van der Waals surface area contributed by atoms with Crippen LogP contribution >= 0.6 is 0 Å². The SMILES string of the molecule is C=[N+]1C(C)(C)CC(C(C)O)CC1(C)C. The molecule has 0 aromatic heterocycles. The molecule has 1 saturated heterocycles. The minimum Gasteiger partial charge on any atom is -0.393 e. The quantitative estimate of drug-likeness (QED) is 0.640. The Labute approximate surface area is 87.6 Å². The Morgan fingerprint density at radius 3 is 1.86 bits per heavy atom. The maximum atomic E-state index is 9.69. The molecule has 14 heavy (non-hydrogen) atoms. The summed E-state index contributed by atoms with van der Waals surface area (Å²) in [5.74, 6) is 0.401. The summed E-state index contributed by atoms with van der Waals surface area (Å²) in [4.78, 5) is 0. The van der Waals surface area contributed by atoms with Crippen LogP contribution in [0, 0.1) is 5.92 Å². The van der Waals surface area contributed by atoms with Crippen LogP contribution in [-0.4, -0.2) is 33.6 Å². The summed E-state index contributed by atoms with van der Waals surface area (Å²) in [6.45, 7) is 14.9. The number of piperidine rings is 1. The number of hydrogen-bond acceptors (Lipinski definition) is 1. The van der Waals surface area contributed by atoms with Crippen molar-refractivity contribution in [2.75, 3.05) is 0 Å². The predicted octanol–water partition coefficient (Wildman–Crippen LogP) is 2.05. The van der Waals surface area contributed by atoms with Crippen LogP contribution in [0.3, 0.4) is 0 Å². The van der Waals surface area contributed by atoms with Crippen LogP contribution in [0.1, 0.15) is 47.5 Å². The third-order valence-corrected chi connectivity index (χ3v) is 3.67. The number of aliphatic hydroxyl groups excluding tert-OH is 1. The van der Waals surface area contributed by atoms with Gasteiger partial charge in [0, 0.05) is 12.8 Å². The fourth-order valence-electron chi connectivity index (χ4n) is 2.74. The second-order valence-electron chi connectivity index (χ2n) is 5.96. The highest BCUT2D eigenvalue weighted by molar-refractivity contribution is 5.17. The molecule has 1 aliphatic rings. The molecule has 0 aromatic carbocycles. The summed E-state index contributed by atoms with van der Waals surface area (Å²) in [6, 6.07) is 0. The van der Waals surface area contributed by atoms with Crippen molar-refractivity contribution in [3.8, 4) is 0 Å². The Balaban J connectivity index is 2.92. The maximum absolute atomic E-state index is 9.69. The second-order valence-corrected chi connectivity index (χ2v) is 5.96. The zero-order chi connectivity index (χ0) is 11.1. The zero-order valence-electron chi connectivity index (χ0n) is 10.2. The van der Waals surface area contributed by atoms with E-state index in [0.717, 1.165) is 12.8 Å².